The highest BCUT2D eigenvalue weighted by molar-refractivity contribution is 5.66. The van der Waals surface area contributed by atoms with Crippen molar-refractivity contribution in [3.05, 3.63) is 23.8 Å². The van der Waals surface area contributed by atoms with E-state index in [0.29, 0.717) is 17.9 Å². The van der Waals surface area contributed by atoms with Crippen molar-refractivity contribution in [3.8, 4) is 11.5 Å². The monoisotopic (exact) mass is 414 g/mol. The molecule has 1 fully saturated rings. The molecule has 1 heterocycles. The van der Waals surface area contributed by atoms with E-state index in [9.17, 15) is 20.1 Å². The van der Waals surface area contributed by atoms with Crippen LogP contribution in [0.1, 0.15) is 25.3 Å². The molecule has 0 saturated carbocycles. The van der Waals surface area contributed by atoms with Crippen LogP contribution in [-0.4, -0.2) is 79.4 Å². The Bertz CT molecular complexity index is 651. The lowest BCUT2D eigenvalue weighted by atomic mass is 9.99. The fourth-order valence-electron chi connectivity index (χ4n) is 3.17. The molecule has 0 radical (unpaired) electrons. The molecular weight excluding hydrogens is 384 g/mol. The molecule has 1 saturated heterocycles. The van der Waals surface area contributed by atoms with Crippen molar-refractivity contribution < 1.29 is 43.8 Å². The van der Waals surface area contributed by atoms with Crippen molar-refractivity contribution in [2.24, 2.45) is 0 Å². The largest absolute Gasteiger partial charge is 0.493 e. The van der Waals surface area contributed by atoms with Gasteiger partial charge in [-0.25, -0.2) is 0 Å². The van der Waals surface area contributed by atoms with Crippen LogP contribution < -0.4 is 9.47 Å². The number of aryl methyl sites for hydroxylation is 1. The Morgan fingerprint density at radius 3 is 2.45 bits per heavy atom. The van der Waals surface area contributed by atoms with Crippen molar-refractivity contribution in [1.82, 2.24) is 0 Å². The number of hydrogen-bond donors (Lipinski definition) is 3. The Morgan fingerprint density at radius 1 is 1.10 bits per heavy atom. The molecule has 0 bridgehead atoms. The smallest absolute Gasteiger partial charge is 0.303 e. The van der Waals surface area contributed by atoms with E-state index in [2.05, 4.69) is 0 Å². The van der Waals surface area contributed by atoms with Gasteiger partial charge < -0.3 is 39.0 Å². The van der Waals surface area contributed by atoms with E-state index < -0.39 is 43.3 Å². The fourth-order valence-corrected chi connectivity index (χ4v) is 3.17. The van der Waals surface area contributed by atoms with Gasteiger partial charge in [0.15, 0.2) is 23.9 Å². The Labute approximate surface area is 170 Å². The highest BCUT2D eigenvalue weighted by Crippen LogP contribution is 2.28. The van der Waals surface area contributed by atoms with E-state index in [1.54, 1.807) is 14.2 Å². The molecule has 5 unspecified atom stereocenters. The number of carbonyl (C=O) groups is 1. The molecule has 2 rings (SSSR count). The number of methoxy groups -OCH3 is 2. The number of aliphatic hydroxyl groups is 3. The molecule has 0 amide bonds. The van der Waals surface area contributed by atoms with E-state index in [1.807, 2.05) is 18.2 Å². The summed E-state index contributed by atoms with van der Waals surface area (Å²) in [6.45, 7) is 0.984. The van der Waals surface area contributed by atoms with Crippen molar-refractivity contribution >= 4 is 5.97 Å². The molecule has 9 nitrogen and oxygen atoms in total. The summed E-state index contributed by atoms with van der Waals surface area (Å²) in [6, 6.07) is 5.74. The van der Waals surface area contributed by atoms with Gasteiger partial charge >= 0.3 is 5.97 Å². The van der Waals surface area contributed by atoms with Gasteiger partial charge in [0.2, 0.25) is 0 Å². The second-order valence-corrected chi connectivity index (χ2v) is 6.80. The molecule has 0 aliphatic carbocycles. The van der Waals surface area contributed by atoms with E-state index in [4.69, 9.17) is 23.7 Å². The molecule has 0 spiro atoms. The van der Waals surface area contributed by atoms with Crippen LogP contribution in [0, 0.1) is 0 Å². The summed E-state index contributed by atoms with van der Waals surface area (Å²) in [5.74, 6) is 0.711. The van der Waals surface area contributed by atoms with Crippen LogP contribution in [0.25, 0.3) is 0 Å². The van der Waals surface area contributed by atoms with E-state index in [0.717, 1.165) is 18.4 Å². The van der Waals surface area contributed by atoms with Crippen LogP contribution in [0.3, 0.4) is 0 Å². The second kappa shape index (κ2) is 11.3. The van der Waals surface area contributed by atoms with Crippen molar-refractivity contribution in [2.45, 2.75) is 56.9 Å². The molecule has 1 aliphatic heterocycles. The molecule has 5 atom stereocenters. The summed E-state index contributed by atoms with van der Waals surface area (Å²) in [6.07, 6.45) is -3.77. The maximum atomic E-state index is 11.3. The molecule has 1 aromatic rings. The van der Waals surface area contributed by atoms with Crippen LogP contribution in [0.5, 0.6) is 11.5 Å². The van der Waals surface area contributed by atoms with Crippen LogP contribution in [-0.2, 0) is 25.4 Å². The van der Waals surface area contributed by atoms with E-state index in [1.165, 1.54) is 6.92 Å². The quantitative estimate of drug-likeness (QED) is 0.369. The predicted octanol–water partition coefficient (Wildman–Crippen LogP) is 0.414. The molecule has 1 aromatic carbocycles. The normalized spacial score (nSPS) is 26.8. The van der Waals surface area contributed by atoms with Gasteiger partial charge in [0.25, 0.3) is 0 Å². The third-order valence-electron chi connectivity index (χ3n) is 4.72. The Balaban J connectivity index is 1.85. The minimum absolute atomic E-state index is 0.288. The van der Waals surface area contributed by atoms with Crippen molar-refractivity contribution in [1.29, 1.82) is 0 Å². The molecule has 9 heteroatoms. The summed E-state index contributed by atoms with van der Waals surface area (Å²) in [5.41, 5.74) is 1.09. The van der Waals surface area contributed by atoms with Gasteiger partial charge in [0.1, 0.15) is 18.3 Å². The average molecular weight is 414 g/mol. The third kappa shape index (κ3) is 6.28. The predicted molar refractivity (Wildman–Crippen MR) is 102 cm³/mol. The summed E-state index contributed by atoms with van der Waals surface area (Å²) in [5, 5.41) is 29.4. The Morgan fingerprint density at radius 2 is 1.83 bits per heavy atom. The first kappa shape index (κ1) is 23.4. The lowest BCUT2D eigenvalue weighted by molar-refractivity contribution is -0.304. The summed E-state index contributed by atoms with van der Waals surface area (Å²) in [4.78, 5) is 11.3. The number of esters is 1. The standard InChI is InChI=1S/C20H30O9/c1-12(22)28-19-18(24)17(23)16(11-21)29-20(19)27-9-5-4-6-13-7-8-14(25-2)15(10-13)26-3/h7-8,10,16-21,23-24H,4-6,9,11H2,1-3H3. The highest BCUT2D eigenvalue weighted by Gasteiger charge is 2.46. The lowest BCUT2D eigenvalue weighted by Crippen LogP contribution is -2.60. The zero-order valence-corrected chi connectivity index (χ0v) is 16.9. The number of unbranched alkanes of at least 4 members (excludes halogenated alkanes) is 1. The minimum atomic E-state index is -1.42. The van der Waals surface area contributed by atoms with Crippen LogP contribution in [0.15, 0.2) is 18.2 Å². The maximum Gasteiger partial charge on any atom is 0.303 e. The molecule has 3 N–H and O–H groups in total. The van der Waals surface area contributed by atoms with Gasteiger partial charge in [-0.2, -0.15) is 0 Å². The number of benzene rings is 1. The van der Waals surface area contributed by atoms with E-state index in [-0.39, 0.29) is 6.61 Å². The molecule has 29 heavy (non-hydrogen) atoms. The SMILES string of the molecule is COc1ccc(CCCCOC2OC(CO)C(O)C(O)C2OC(C)=O)cc1OC. The van der Waals surface area contributed by atoms with Gasteiger partial charge in [-0.1, -0.05) is 6.07 Å². The summed E-state index contributed by atoms with van der Waals surface area (Å²) >= 11 is 0. The Kier molecular flexibility index (Phi) is 9.12. The van der Waals surface area contributed by atoms with Gasteiger partial charge in [0, 0.05) is 13.5 Å². The number of aliphatic hydroxyl groups excluding tert-OH is 3. The second-order valence-electron chi connectivity index (χ2n) is 6.80. The van der Waals surface area contributed by atoms with Crippen molar-refractivity contribution in [2.75, 3.05) is 27.4 Å². The molecular formula is C20H30O9. The zero-order chi connectivity index (χ0) is 21.4. The van der Waals surface area contributed by atoms with E-state index >= 15 is 0 Å². The number of hydrogen-bond acceptors (Lipinski definition) is 9. The first-order valence-corrected chi connectivity index (χ1v) is 9.53. The summed E-state index contributed by atoms with van der Waals surface area (Å²) in [7, 11) is 3.17. The Hall–Kier alpha value is -1.91. The average Bonchev–Trinajstić information content (AvgIpc) is 2.72. The first-order chi connectivity index (χ1) is 13.9. The minimum Gasteiger partial charge on any atom is -0.493 e. The van der Waals surface area contributed by atoms with Gasteiger partial charge in [0.05, 0.1) is 20.8 Å². The zero-order valence-electron chi connectivity index (χ0n) is 16.9. The molecule has 1 aliphatic rings. The van der Waals surface area contributed by atoms with Crippen LogP contribution >= 0.6 is 0 Å². The number of rotatable bonds is 10. The third-order valence-corrected chi connectivity index (χ3v) is 4.72. The van der Waals surface area contributed by atoms with Crippen molar-refractivity contribution in [3.63, 3.8) is 0 Å². The molecule has 164 valence electrons. The fraction of sp³-hybridized carbons (Fsp3) is 0.650. The number of ether oxygens (including phenoxy) is 5. The number of carbonyl (C=O) groups excluding carboxylic acids is 1. The lowest BCUT2D eigenvalue weighted by Gasteiger charge is -2.41. The van der Waals surface area contributed by atoms with Gasteiger partial charge in [-0.05, 0) is 37.0 Å². The van der Waals surface area contributed by atoms with Crippen LogP contribution in [0.4, 0.5) is 0 Å². The van der Waals surface area contributed by atoms with Crippen LogP contribution in [0.2, 0.25) is 0 Å². The topological polar surface area (TPSA) is 124 Å². The first-order valence-electron chi connectivity index (χ1n) is 9.53. The maximum absolute atomic E-state index is 11.3. The molecule has 0 aromatic heterocycles. The summed E-state index contributed by atoms with van der Waals surface area (Å²) < 4.78 is 26.7. The van der Waals surface area contributed by atoms with Gasteiger partial charge in [-0.3, -0.25) is 4.79 Å². The van der Waals surface area contributed by atoms with Gasteiger partial charge in [-0.15, -0.1) is 0 Å². The highest BCUT2D eigenvalue weighted by atomic mass is 16.7.